The predicted octanol–water partition coefficient (Wildman–Crippen LogP) is 2.90. The molecule has 4 N–H and O–H groups in total. The fourth-order valence-corrected chi connectivity index (χ4v) is 1.31. The van der Waals surface area contributed by atoms with Crippen LogP contribution >= 0.6 is 0 Å². The van der Waals surface area contributed by atoms with Gasteiger partial charge >= 0.3 is 0 Å². The maximum atomic E-state index is 11.0. The van der Waals surface area contributed by atoms with Gasteiger partial charge in [-0.15, -0.1) is 6.58 Å². The van der Waals surface area contributed by atoms with Gasteiger partial charge in [0.25, 0.3) is 0 Å². The lowest BCUT2D eigenvalue weighted by Gasteiger charge is -2.03. The molecule has 0 aromatic rings. The van der Waals surface area contributed by atoms with Gasteiger partial charge in [0.05, 0.1) is 5.57 Å². The normalized spacial score (nSPS) is 13.7. The van der Waals surface area contributed by atoms with E-state index in [0.29, 0.717) is 0 Å². The van der Waals surface area contributed by atoms with Crippen molar-refractivity contribution in [1.82, 2.24) is 0 Å². The lowest BCUT2D eigenvalue weighted by atomic mass is 10.0. The molecule has 0 aromatic heterocycles. The zero-order valence-electron chi connectivity index (χ0n) is 11.6. The molecule has 0 saturated heterocycles. The summed E-state index contributed by atoms with van der Waals surface area (Å²) in [6.07, 6.45) is 11.4. The number of hydrogen-bond acceptors (Lipinski definition) is 2. The topological polar surface area (TPSA) is 69.1 Å². The lowest BCUT2D eigenvalue weighted by molar-refractivity contribution is -0.114. The van der Waals surface area contributed by atoms with E-state index in [4.69, 9.17) is 11.5 Å². The van der Waals surface area contributed by atoms with Crippen LogP contribution in [-0.2, 0) is 4.79 Å². The van der Waals surface area contributed by atoms with Gasteiger partial charge in [0.15, 0.2) is 0 Å². The molecule has 19 heavy (non-hydrogen) atoms. The van der Waals surface area contributed by atoms with Gasteiger partial charge in [-0.3, -0.25) is 4.79 Å². The SMILES string of the molecule is C=CC/C=C\C(C)=C/C(=C)/C(C)=C/C(=C\N)C(N)=O. The van der Waals surface area contributed by atoms with Crippen molar-refractivity contribution >= 4 is 5.91 Å². The van der Waals surface area contributed by atoms with Gasteiger partial charge in [-0.05, 0) is 37.5 Å². The van der Waals surface area contributed by atoms with E-state index in [2.05, 4.69) is 13.2 Å². The zero-order chi connectivity index (χ0) is 14.8. The van der Waals surface area contributed by atoms with Gasteiger partial charge in [0.1, 0.15) is 0 Å². The summed E-state index contributed by atoms with van der Waals surface area (Å²) in [4.78, 5) is 11.0. The van der Waals surface area contributed by atoms with Gasteiger partial charge in [-0.25, -0.2) is 0 Å². The van der Waals surface area contributed by atoms with Crippen LogP contribution in [0.15, 0.2) is 72.0 Å². The van der Waals surface area contributed by atoms with Crippen molar-refractivity contribution in [3.63, 3.8) is 0 Å². The lowest BCUT2D eigenvalue weighted by Crippen LogP contribution is -2.14. The highest BCUT2D eigenvalue weighted by atomic mass is 16.1. The standard InChI is InChI=1S/C16H22N2O/c1-5-6-7-8-12(2)9-13(3)14(4)10-15(11-17)16(18)19/h5,7-11H,1,3,6,17H2,2,4H3,(H2,18,19)/b8-7-,12-9-,14-10+,15-11+. The number of nitrogens with two attached hydrogens (primary N) is 2. The van der Waals surface area contributed by atoms with Gasteiger partial charge in [-0.2, -0.15) is 0 Å². The highest BCUT2D eigenvalue weighted by molar-refractivity contribution is 5.95. The summed E-state index contributed by atoms with van der Waals surface area (Å²) in [5, 5.41) is 0. The highest BCUT2D eigenvalue weighted by Crippen LogP contribution is 2.14. The fourth-order valence-electron chi connectivity index (χ4n) is 1.31. The third kappa shape index (κ3) is 6.88. The number of primary amides is 1. The Morgan fingerprint density at radius 1 is 1.26 bits per heavy atom. The van der Waals surface area contributed by atoms with Crippen LogP contribution < -0.4 is 11.5 Å². The first-order chi connectivity index (χ1) is 8.92. The summed E-state index contributed by atoms with van der Waals surface area (Å²) in [7, 11) is 0. The molecule has 0 bridgehead atoms. The summed E-state index contributed by atoms with van der Waals surface area (Å²) < 4.78 is 0. The third-order valence-electron chi connectivity index (χ3n) is 2.43. The van der Waals surface area contributed by atoms with Crippen molar-refractivity contribution in [2.75, 3.05) is 0 Å². The molecule has 0 radical (unpaired) electrons. The van der Waals surface area contributed by atoms with Crippen molar-refractivity contribution in [3.05, 3.63) is 72.0 Å². The number of carbonyl (C=O) groups is 1. The predicted molar refractivity (Wildman–Crippen MR) is 82.1 cm³/mol. The maximum Gasteiger partial charge on any atom is 0.250 e. The van der Waals surface area contributed by atoms with Crippen LogP contribution in [0.5, 0.6) is 0 Å². The first-order valence-corrected chi connectivity index (χ1v) is 5.97. The number of hydrogen-bond donors (Lipinski definition) is 2. The number of carbonyl (C=O) groups excluding carboxylic acids is 1. The van der Waals surface area contributed by atoms with Crippen molar-refractivity contribution < 1.29 is 4.79 Å². The smallest absolute Gasteiger partial charge is 0.250 e. The van der Waals surface area contributed by atoms with Crippen molar-refractivity contribution in [2.45, 2.75) is 20.3 Å². The Kier molecular flexibility index (Phi) is 7.70. The molecule has 0 spiro atoms. The largest absolute Gasteiger partial charge is 0.404 e. The molecule has 0 rings (SSSR count). The Morgan fingerprint density at radius 3 is 2.37 bits per heavy atom. The molecular formula is C16H22N2O. The van der Waals surface area contributed by atoms with Crippen molar-refractivity contribution in [2.24, 2.45) is 11.5 Å². The fraction of sp³-hybridized carbons (Fsp3) is 0.188. The first kappa shape index (κ1) is 16.7. The molecule has 0 aliphatic heterocycles. The molecule has 0 unspecified atom stereocenters. The Morgan fingerprint density at radius 2 is 1.89 bits per heavy atom. The second-order valence-electron chi connectivity index (χ2n) is 4.15. The Bertz CT molecular complexity index is 477. The number of amides is 1. The van der Waals surface area contributed by atoms with E-state index >= 15 is 0 Å². The Hall–Kier alpha value is -2.29. The van der Waals surface area contributed by atoms with E-state index in [0.717, 1.165) is 23.1 Å². The molecule has 0 aliphatic carbocycles. The van der Waals surface area contributed by atoms with Crippen LogP contribution in [0.3, 0.4) is 0 Å². The number of allylic oxidation sites excluding steroid dienone is 7. The Balaban J connectivity index is 4.92. The summed E-state index contributed by atoms with van der Waals surface area (Å²) in [6, 6.07) is 0. The average Bonchev–Trinajstić information content (AvgIpc) is 2.35. The Labute approximate surface area is 115 Å². The van der Waals surface area contributed by atoms with E-state index in [-0.39, 0.29) is 5.57 Å². The summed E-state index contributed by atoms with van der Waals surface area (Å²) in [5.41, 5.74) is 13.5. The molecule has 0 saturated carbocycles. The average molecular weight is 258 g/mol. The van der Waals surface area contributed by atoms with Gasteiger partial charge < -0.3 is 11.5 Å². The molecule has 102 valence electrons. The van der Waals surface area contributed by atoms with E-state index in [1.165, 1.54) is 6.20 Å². The minimum Gasteiger partial charge on any atom is -0.404 e. The van der Waals surface area contributed by atoms with Crippen LogP contribution in [0.25, 0.3) is 0 Å². The van der Waals surface area contributed by atoms with Crippen molar-refractivity contribution in [1.29, 1.82) is 0 Å². The molecule has 0 heterocycles. The molecule has 0 atom stereocenters. The second kappa shape index (κ2) is 8.75. The molecule has 0 aromatic carbocycles. The van der Waals surface area contributed by atoms with Gasteiger partial charge in [-0.1, -0.05) is 36.5 Å². The van der Waals surface area contributed by atoms with E-state index in [9.17, 15) is 4.79 Å². The maximum absolute atomic E-state index is 11.0. The van der Waals surface area contributed by atoms with Crippen molar-refractivity contribution in [3.8, 4) is 0 Å². The molecule has 1 amide bonds. The van der Waals surface area contributed by atoms with E-state index in [1.54, 1.807) is 6.08 Å². The minimum atomic E-state index is -0.554. The van der Waals surface area contributed by atoms with Crippen LogP contribution in [0.2, 0.25) is 0 Å². The second-order valence-corrected chi connectivity index (χ2v) is 4.15. The molecule has 3 heteroatoms. The number of rotatable bonds is 7. The quantitative estimate of drug-likeness (QED) is 0.419. The van der Waals surface area contributed by atoms with Crippen LogP contribution in [0.1, 0.15) is 20.3 Å². The molecule has 0 aliphatic rings. The molecule has 0 fully saturated rings. The third-order valence-corrected chi connectivity index (χ3v) is 2.43. The highest BCUT2D eigenvalue weighted by Gasteiger charge is 2.02. The van der Waals surface area contributed by atoms with Gasteiger partial charge in [0, 0.05) is 6.20 Å². The zero-order valence-corrected chi connectivity index (χ0v) is 11.6. The summed E-state index contributed by atoms with van der Waals surface area (Å²) in [5.74, 6) is -0.554. The molecule has 3 nitrogen and oxygen atoms in total. The monoisotopic (exact) mass is 258 g/mol. The van der Waals surface area contributed by atoms with Crippen LogP contribution in [-0.4, -0.2) is 5.91 Å². The van der Waals surface area contributed by atoms with Crippen LogP contribution in [0, 0.1) is 0 Å². The molecular weight excluding hydrogens is 236 g/mol. The van der Waals surface area contributed by atoms with Gasteiger partial charge in [0.2, 0.25) is 5.91 Å². The van der Waals surface area contributed by atoms with E-state index in [1.807, 2.05) is 38.2 Å². The van der Waals surface area contributed by atoms with Crippen LogP contribution in [0.4, 0.5) is 0 Å². The van der Waals surface area contributed by atoms with E-state index < -0.39 is 5.91 Å². The minimum absolute atomic E-state index is 0.270. The first-order valence-electron chi connectivity index (χ1n) is 5.97. The summed E-state index contributed by atoms with van der Waals surface area (Å²) in [6.45, 7) is 11.4. The summed E-state index contributed by atoms with van der Waals surface area (Å²) >= 11 is 0.